The molecule has 0 aliphatic carbocycles. The van der Waals surface area contributed by atoms with Gasteiger partial charge in [-0.15, -0.1) is 13.2 Å². The van der Waals surface area contributed by atoms with Crippen LogP contribution in [0.3, 0.4) is 0 Å². The molecule has 1 saturated heterocycles. The molecule has 0 saturated carbocycles. The van der Waals surface area contributed by atoms with Crippen molar-refractivity contribution in [1.29, 1.82) is 0 Å². The Morgan fingerprint density at radius 2 is 1.92 bits per heavy atom. The van der Waals surface area contributed by atoms with Crippen LogP contribution in [-0.4, -0.2) is 37.4 Å². The van der Waals surface area contributed by atoms with Gasteiger partial charge in [-0.1, -0.05) is 42.1 Å². The summed E-state index contributed by atoms with van der Waals surface area (Å²) in [6.45, 7) is 5.76. The van der Waals surface area contributed by atoms with Gasteiger partial charge < -0.3 is 10.1 Å². The number of hydrogen-bond donors (Lipinski definition) is 1. The summed E-state index contributed by atoms with van der Waals surface area (Å²) in [5.74, 6) is -0.164. The van der Waals surface area contributed by atoms with Crippen LogP contribution in [0.5, 0.6) is 5.75 Å². The molecule has 0 unspecified atom stereocenters. The highest BCUT2D eigenvalue weighted by Crippen LogP contribution is 2.34. The molecule has 7 heteroatoms. The Labute approximate surface area is 149 Å². The Hall–Kier alpha value is -0.790. The van der Waals surface area contributed by atoms with Gasteiger partial charge in [0.05, 0.1) is 0 Å². The lowest BCUT2D eigenvalue weighted by atomic mass is 9.98. The molecule has 0 aromatic heterocycles. The Kier molecular flexibility index (Phi) is 7.37. The van der Waals surface area contributed by atoms with E-state index in [4.69, 9.17) is 0 Å². The van der Waals surface area contributed by atoms with Crippen LogP contribution in [0.1, 0.15) is 44.2 Å². The van der Waals surface area contributed by atoms with Gasteiger partial charge in [0.2, 0.25) is 0 Å². The molecule has 0 bridgehead atoms. The SMILES string of the molecule is CCCCC[C@H](c1cc(Br)cc(OC(F)(F)F)c1)N1CCNCC1. The van der Waals surface area contributed by atoms with Crippen LogP contribution in [0.2, 0.25) is 0 Å². The van der Waals surface area contributed by atoms with Gasteiger partial charge in [-0.2, -0.15) is 0 Å². The minimum Gasteiger partial charge on any atom is -0.406 e. The van der Waals surface area contributed by atoms with Crippen molar-refractivity contribution < 1.29 is 17.9 Å². The topological polar surface area (TPSA) is 24.5 Å². The van der Waals surface area contributed by atoms with E-state index in [-0.39, 0.29) is 11.8 Å². The molecule has 1 fully saturated rings. The molecule has 0 spiro atoms. The maximum atomic E-state index is 12.6. The predicted molar refractivity (Wildman–Crippen MR) is 92.2 cm³/mol. The fraction of sp³-hybridized carbons (Fsp3) is 0.647. The van der Waals surface area contributed by atoms with Crippen molar-refractivity contribution >= 4 is 15.9 Å². The third-order valence-corrected chi connectivity index (χ3v) is 4.64. The van der Waals surface area contributed by atoms with Crippen LogP contribution < -0.4 is 10.1 Å². The fourth-order valence-electron chi connectivity index (χ4n) is 3.11. The van der Waals surface area contributed by atoms with E-state index in [1.54, 1.807) is 0 Å². The minimum atomic E-state index is -4.68. The number of nitrogens with one attached hydrogen (secondary N) is 1. The van der Waals surface area contributed by atoms with Crippen LogP contribution in [0.15, 0.2) is 22.7 Å². The van der Waals surface area contributed by atoms with Crippen molar-refractivity contribution in [1.82, 2.24) is 10.2 Å². The van der Waals surface area contributed by atoms with Crippen LogP contribution in [-0.2, 0) is 0 Å². The smallest absolute Gasteiger partial charge is 0.406 e. The van der Waals surface area contributed by atoms with Gasteiger partial charge in [-0.3, -0.25) is 4.90 Å². The van der Waals surface area contributed by atoms with Gasteiger partial charge in [0.25, 0.3) is 0 Å². The summed E-state index contributed by atoms with van der Waals surface area (Å²) >= 11 is 3.32. The van der Waals surface area contributed by atoms with Crippen LogP contribution in [0.25, 0.3) is 0 Å². The first-order valence-electron chi connectivity index (χ1n) is 8.40. The maximum Gasteiger partial charge on any atom is 0.573 e. The van der Waals surface area contributed by atoms with E-state index >= 15 is 0 Å². The zero-order chi connectivity index (χ0) is 17.6. The zero-order valence-corrected chi connectivity index (χ0v) is 15.4. The highest BCUT2D eigenvalue weighted by molar-refractivity contribution is 9.10. The summed E-state index contributed by atoms with van der Waals surface area (Å²) in [6, 6.07) is 4.91. The molecule has 1 aliphatic heterocycles. The fourth-order valence-corrected chi connectivity index (χ4v) is 3.60. The maximum absolute atomic E-state index is 12.6. The highest BCUT2D eigenvalue weighted by atomic mass is 79.9. The molecule has 0 radical (unpaired) electrons. The summed E-state index contributed by atoms with van der Waals surface area (Å²) in [7, 11) is 0. The van der Waals surface area contributed by atoms with E-state index < -0.39 is 6.36 Å². The molecule has 3 nitrogen and oxygen atoms in total. The lowest BCUT2D eigenvalue weighted by Crippen LogP contribution is -2.45. The first kappa shape index (κ1) is 19.5. The Morgan fingerprint density at radius 3 is 2.54 bits per heavy atom. The van der Waals surface area contributed by atoms with Gasteiger partial charge in [0, 0.05) is 36.7 Å². The number of rotatable bonds is 7. The monoisotopic (exact) mass is 408 g/mol. The molecule has 1 atom stereocenters. The number of ether oxygens (including phenoxy) is 1. The number of unbranched alkanes of at least 4 members (excludes halogenated alkanes) is 2. The van der Waals surface area contributed by atoms with Crippen molar-refractivity contribution in [3.63, 3.8) is 0 Å². The Balaban J connectivity index is 2.22. The van der Waals surface area contributed by atoms with E-state index in [9.17, 15) is 13.2 Å². The summed E-state index contributed by atoms with van der Waals surface area (Å²) in [5.41, 5.74) is 0.877. The summed E-state index contributed by atoms with van der Waals surface area (Å²) in [4.78, 5) is 2.35. The second-order valence-corrected chi connectivity index (χ2v) is 6.98. The van der Waals surface area contributed by atoms with Crippen LogP contribution in [0, 0.1) is 0 Å². The largest absolute Gasteiger partial charge is 0.573 e. The van der Waals surface area contributed by atoms with Gasteiger partial charge in [0.15, 0.2) is 0 Å². The zero-order valence-electron chi connectivity index (χ0n) is 13.8. The van der Waals surface area contributed by atoms with E-state index in [0.717, 1.165) is 57.4 Å². The van der Waals surface area contributed by atoms with Crippen LogP contribution >= 0.6 is 15.9 Å². The number of benzene rings is 1. The van der Waals surface area contributed by atoms with E-state index in [0.29, 0.717) is 4.47 Å². The van der Waals surface area contributed by atoms with Gasteiger partial charge in [0.1, 0.15) is 5.75 Å². The lowest BCUT2D eigenvalue weighted by Gasteiger charge is -2.35. The van der Waals surface area contributed by atoms with Crippen molar-refractivity contribution in [3.8, 4) is 5.75 Å². The molecule has 1 aromatic rings. The molecule has 1 aromatic carbocycles. The lowest BCUT2D eigenvalue weighted by molar-refractivity contribution is -0.274. The quantitative estimate of drug-likeness (QED) is 0.651. The third-order valence-electron chi connectivity index (χ3n) is 4.19. The normalized spacial score (nSPS) is 17.7. The molecular formula is C17H24BrF3N2O. The standard InChI is InChI=1S/C17H24BrF3N2O/c1-2-3-4-5-16(23-8-6-22-7-9-23)13-10-14(18)12-15(11-13)24-17(19,20)21/h10-12,16,22H,2-9H2,1H3/t16-/m1/s1. The molecule has 1 heterocycles. The van der Waals surface area contributed by atoms with Crippen molar-refractivity contribution in [2.45, 2.75) is 45.0 Å². The number of hydrogen-bond acceptors (Lipinski definition) is 3. The first-order chi connectivity index (χ1) is 11.4. The summed E-state index contributed by atoms with van der Waals surface area (Å²) in [5, 5.41) is 3.32. The molecule has 136 valence electrons. The molecular weight excluding hydrogens is 385 g/mol. The van der Waals surface area contributed by atoms with Crippen molar-refractivity contribution in [2.24, 2.45) is 0 Å². The van der Waals surface area contributed by atoms with Crippen molar-refractivity contribution in [2.75, 3.05) is 26.2 Å². The molecule has 1 N–H and O–H groups in total. The van der Waals surface area contributed by atoms with E-state index in [1.165, 1.54) is 12.1 Å². The van der Waals surface area contributed by atoms with E-state index in [1.807, 2.05) is 6.07 Å². The molecule has 1 aliphatic rings. The third kappa shape index (κ3) is 6.26. The molecule has 0 amide bonds. The number of alkyl halides is 3. The average Bonchev–Trinajstić information content (AvgIpc) is 2.50. The van der Waals surface area contributed by atoms with Gasteiger partial charge in [-0.25, -0.2) is 0 Å². The van der Waals surface area contributed by atoms with Crippen molar-refractivity contribution in [3.05, 3.63) is 28.2 Å². The molecule has 24 heavy (non-hydrogen) atoms. The second-order valence-electron chi connectivity index (χ2n) is 6.07. The summed E-state index contributed by atoms with van der Waals surface area (Å²) < 4.78 is 42.4. The average molecular weight is 409 g/mol. The number of halogens is 4. The second kappa shape index (κ2) is 9.06. The van der Waals surface area contributed by atoms with Crippen LogP contribution in [0.4, 0.5) is 13.2 Å². The predicted octanol–water partition coefficient (Wildman–Crippen LogP) is 4.87. The first-order valence-corrected chi connectivity index (χ1v) is 9.19. The minimum absolute atomic E-state index is 0.117. The summed E-state index contributed by atoms with van der Waals surface area (Å²) in [6.07, 6.45) is -0.425. The highest BCUT2D eigenvalue weighted by Gasteiger charge is 2.32. The van der Waals surface area contributed by atoms with Gasteiger partial charge >= 0.3 is 6.36 Å². The van der Waals surface area contributed by atoms with Gasteiger partial charge in [-0.05, 0) is 30.2 Å². The Morgan fingerprint density at radius 1 is 1.21 bits per heavy atom. The molecule has 2 rings (SSSR count). The number of nitrogens with zero attached hydrogens (tertiary/aromatic N) is 1. The number of piperazine rings is 1. The Bertz CT molecular complexity index is 519. The van der Waals surface area contributed by atoms with E-state index in [2.05, 4.69) is 37.8 Å².